The zero-order valence-corrected chi connectivity index (χ0v) is 13.0. The zero-order chi connectivity index (χ0) is 14.9. The highest BCUT2D eigenvalue weighted by Gasteiger charge is 2.27. The number of carboxylic acid groups (broad SMARTS) is 1. The van der Waals surface area contributed by atoms with Gasteiger partial charge in [0.1, 0.15) is 5.56 Å². The summed E-state index contributed by atoms with van der Waals surface area (Å²) in [6.07, 6.45) is 3.02. The maximum atomic E-state index is 11.3. The third-order valence-electron chi connectivity index (χ3n) is 3.66. The fraction of sp³-hybridized carbons (Fsp3) is 0.533. The minimum Gasteiger partial charge on any atom is -0.488 e. The highest BCUT2D eigenvalue weighted by atomic mass is 35.5. The first-order valence-electron chi connectivity index (χ1n) is 6.75. The summed E-state index contributed by atoms with van der Waals surface area (Å²) in [5, 5.41) is 9.80. The summed E-state index contributed by atoms with van der Waals surface area (Å²) in [7, 11) is 0. The summed E-state index contributed by atoms with van der Waals surface area (Å²) in [4.78, 5) is 11.3. The van der Waals surface area contributed by atoms with E-state index in [0.29, 0.717) is 16.9 Å². The molecule has 0 heterocycles. The second-order valence-corrected chi connectivity index (χ2v) is 6.57. The van der Waals surface area contributed by atoms with Gasteiger partial charge in [-0.2, -0.15) is 0 Å². The largest absolute Gasteiger partial charge is 0.488 e. The van der Waals surface area contributed by atoms with Gasteiger partial charge in [-0.05, 0) is 43.2 Å². The first kappa shape index (κ1) is 15.5. The quantitative estimate of drug-likeness (QED) is 0.863. The van der Waals surface area contributed by atoms with Crippen LogP contribution in [-0.2, 0) is 0 Å². The van der Waals surface area contributed by atoms with Crippen LogP contribution in [0.15, 0.2) is 12.1 Å². The van der Waals surface area contributed by atoms with Crippen molar-refractivity contribution in [3.05, 3.63) is 27.7 Å². The Balaban J connectivity index is 2.26. The summed E-state index contributed by atoms with van der Waals surface area (Å²) >= 11 is 11.9. The number of carboxylic acids is 1. The molecule has 110 valence electrons. The molecule has 5 heteroatoms. The number of ether oxygens (including phenoxy) is 1. The van der Waals surface area contributed by atoms with Crippen molar-refractivity contribution in [3.63, 3.8) is 0 Å². The molecule has 20 heavy (non-hydrogen) atoms. The van der Waals surface area contributed by atoms with Gasteiger partial charge >= 0.3 is 5.97 Å². The Labute approximate surface area is 128 Å². The van der Waals surface area contributed by atoms with E-state index < -0.39 is 5.97 Å². The average molecular weight is 317 g/mol. The monoisotopic (exact) mass is 316 g/mol. The zero-order valence-electron chi connectivity index (χ0n) is 11.5. The Morgan fingerprint density at radius 3 is 2.35 bits per heavy atom. The smallest absolute Gasteiger partial charge is 0.339 e. The number of hydrogen-bond donors (Lipinski definition) is 1. The lowest BCUT2D eigenvalue weighted by Crippen LogP contribution is -2.29. The average Bonchev–Trinajstić information content (AvgIpc) is 2.30. The molecule has 3 nitrogen and oxygen atoms in total. The van der Waals surface area contributed by atoms with Crippen LogP contribution < -0.4 is 4.74 Å². The van der Waals surface area contributed by atoms with Crippen molar-refractivity contribution in [1.82, 2.24) is 0 Å². The molecule has 0 saturated heterocycles. The lowest BCUT2D eigenvalue weighted by molar-refractivity contribution is 0.0676. The van der Waals surface area contributed by atoms with Crippen molar-refractivity contribution in [2.75, 3.05) is 0 Å². The van der Waals surface area contributed by atoms with Gasteiger partial charge in [-0.3, -0.25) is 0 Å². The molecule has 1 saturated carbocycles. The molecule has 0 aliphatic heterocycles. The Kier molecular flexibility index (Phi) is 4.82. The van der Waals surface area contributed by atoms with E-state index in [1.165, 1.54) is 18.6 Å². The van der Waals surface area contributed by atoms with E-state index >= 15 is 0 Å². The Hall–Kier alpha value is -0.930. The number of benzene rings is 1. The van der Waals surface area contributed by atoms with Gasteiger partial charge in [-0.25, -0.2) is 4.79 Å². The van der Waals surface area contributed by atoms with Crippen LogP contribution in [-0.4, -0.2) is 17.2 Å². The highest BCUT2D eigenvalue weighted by molar-refractivity contribution is 6.36. The van der Waals surface area contributed by atoms with Crippen molar-refractivity contribution in [1.29, 1.82) is 0 Å². The molecular formula is C15H18Cl2O3. The topological polar surface area (TPSA) is 46.5 Å². The molecule has 1 aliphatic carbocycles. The van der Waals surface area contributed by atoms with E-state index in [9.17, 15) is 9.90 Å². The molecule has 0 spiro atoms. The van der Waals surface area contributed by atoms with E-state index in [1.807, 2.05) is 0 Å². The van der Waals surface area contributed by atoms with Gasteiger partial charge in [0.15, 0.2) is 5.75 Å². The normalized spacial score (nSPS) is 26.3. The molecule has 1 aliphatic rings. The SMILES string of the molecule is CC1CC(C)CC(Oc2c(Cl)cc(Cl)cc2C(=O)O)C1. The maximum absolute atomic E-state index is 11.3. The van der Waals surface area contributed by atoms with E-state index in [0.717, 1.165) is 12.8 Å². The molecule has 1 aromatic carbocycles. The molecule has 0 aromatic heterocycles. The first-order valence-corrected chi connectivity index (χ1v) is 7.51. The van der Waals surface area contributed by atoms with Gasteiger partial charge in [0.2, 0.25) is 0 Å². The van der Waals surface area contributed by atoms with Crippen molar-refractivity contribution in [3.8, 4) is 5.75 Å². The molecule has 0 bridgehead atoms. The van der Waals surface area contributed by atoms with Crippen LogP contribution in [0, 0.1) is 11.8 Å². The summed E-state index contributed by atoms with van der Waals surface area (Å²) in [5.41, 5.74) is 0.0216. The van der Waals surface area contributed by atoms with E-state index in [-0.39, 0.29) is 22.4 Å². The fourth-order valence-corrected chi connectivity index (χ4v) is 3.51. The van der Waals surface area contributed by atoms with Crippen molar-refractivity contribution in [2.45, 2.75) is 39.2 Å². The molecule has 2 rings (SSSR count). The number of rotatable bonds is 3. The highest BCUT2D eigenvalue weighted by Crippen LogP contribution is 2.37. The second-order valence-electron chi connectivity index (χ2n) is 5.73. The van der Waals surface area contributed by atoms with Crippen LogP contribution in [0.3, 0.4) is 0 Å². The minimum absolute atomic E-state index is 0.00512. The fourth-order valence-electron chi connectivity index (χ4n) is 2.98. The standard InChI is InChI=1S/C15H18Cl2O3/c1-8-3-9(2)5-11(4-8)20-14-12(15(18)19)6-10(16)7-13(14)17/h6-9,11H,3-5H2,1-2H3,(H,18,19). The third kappa shape index (κ3) is 3.58. The molecule has 0 amide bonds. The van der Waals surface area contributed by atoms with Crippen LogP contribution in [0.25, 0.3) is 0 Å². The third-order valence-corrected chi connectivity index (χ3v) is 4.16. The van der Waals surface area contributed by atoms with Gasteiger partial charge in [0, 0.05) is 5.02 Å². The number of aromatic carboxylic acids is 1. The molecule has 0 radical (unpaired) electrons. The summed E-state index contributed by atoms with van der Waals surface area (Å²) in [6, 6.07) is 2.89. The summed E-state index contributed by atoms with van der Waals surface area (Å²) < 4.78 is 5.90. The number of hydrogen-bond acceptors (Lipinski definition) is 2. The first-order chi connectivity index (χ1) is 9.36. The van der Waals surface area contributed by atoms with E-state index in [2.05, 4.69) is 13.8 Å². The maximum Gasteiger partial charge on any atom is 0.339 e. The summed E-state index contributed by atoms with van der Waals surface area (Å²) in [5.74, 6) is 0.294. The van der Waals surface area contributed by atoms with Crippen molar-refractivity contribution < 1.29 is 14.6 Å². The van der Waals surface area contributed by atoms with Crippen LogP contribution >= 0.6 is 23.2 Å². The van der Waals surface area contributed by atoms with Crippen LogP contribution in [0.4, 0.5) is 0 Å². The van der Waals surface area contributed by atoms with Gasteiger partial charge in [-0.1, -0.05) is 37.0 Å². The number of halogens is 2. The molecule has 1 fully saturated rings. The van der Waals surface area contributed by atoms with Crippen molar-refractivity contribution >= 4 is 29.2 Å². The Morgan fingerprint density at radius 1 is 1.20 bits per heavy atom. The Bertz CT molecular complexity index is 506. The number of carbonyl (C=O) groups is 1. The van der Waals surface area contributed by atoms with Crippen LogP contribution in [0.2, 0.25) is 10.0 Å². The molecular weight excluding hydrogens is 299 g/mol. The molecule has 1 N–H and O–H groups in total. The summed E-state index contributed by atoms with van der Waals surface area (Å²) in [6.45, 7) is 4.38. The Morgan fingerprint density at radius 2 is 1.80 bits per heavy atom. The molecule has 1 aromatic rings. The van der Waals surface area contributed by atoms with Crippen LogP contribution in [0.1, 0.15) is 43.5 Å². The van der Waals surface area contributed by atoms with Gasteiger partial charge < -0.3 is 9.84 Å². The van der Waals surface area contributed by atoms with Gasteiger partial charge in [0.05, 0.1) is 11.1 Å². The predicted molar refractivity (Wildman–Crippen MR) is 80.0 cm³/mol. The van der Waals surface area contributed by atoms with E-state index in [4.69, 9.17) is 27.9 Å². The lowest BCUT2D eigenvalue weighted by atomic mass is 9.82. The van der Waals surface area contributed by atoms with E-state index in [1.54, 1.807) is 0 Å². The predicted octanol–water partition coefficient (Wildman–Crippen LogP) is 4.90. The minimum atomic E-state index is -1.08. The molecule has 2 unspecified atom stereocenters. The van der Waals surface area contributed by atoms with Gasteiger partial charge in [0.25, 0.3) is 0 Å². The van der Waals surface area contributed by atoms with Gasteiger partial charge in [-0.15, -0.1) is 0 Å². The van der Waals surface area contributed by atoms with Crippen molar-refractivity contribution in [2.24, 2.45) is 11.8 Å². The van der Waals surface area contributed by atoms with Crippen LogP contribution in [0.5, 0.6) is 5.75 Å². The molecule has 2 atom stereocenters. The second kappa shape index (κ2) is 6.23. The lowest BCUT2D eigenvalue weighted by Gasteiger charge is -2.32.